The number of aliphatic carboxylic acids is 1. The smallest absolute Gasteiger partial charge is 0.328 e. The molecule has 10 heavy (non-hydrogen) atoms. The molecule has 0 spiro atoms. The van der Waals surface area contributed by atoms with E-state index >= 15 is 0 Å². The highest BCUT2D eigenvalue weighted by atomic mass is 32.1. The molecule has 0 radical (unpaired) electrons. The van der Waals surface area contributed by atoms with E-state index in [0.717, 1.165) is 6.08 Å². The number of nitrogens with zero attached hydrogens (tertiary/aromatic N) is 1. The lowest BCUT2D eigenvalue weighted by atomic mass is 10.5. The third-order valence-corrected chi connectivity index (χ3v) is 0.624. The normalized spacial score (nSPS) is 9.20. The van der Waals surface area contributed by atoms with Gasteiger partial charge in [0.2, 0.25) is 0 Å². The van der Waals surface area contributed by atoms with Crippen LogP contribution in [0.1, 0.15) is 0 Å². The maximum atomic E-state index is 10.3. The minimum Gasteiger partial charge on any atom is -0.478 e. The van der Waals surface area contributed by atoms with Crippen LogP contribution in [0.25, 0.3) is 0 Å². The highest BCUT2D eigenvalue weighted by molar-refractivity contribution is 7.47. The number of rotatable bonds is 3. The summed E-state index contributed by atoms with van der Waals surface area (Å²) in [5, 5.41) is 8.01. The van der Waals surface area contributed by atoms with Gasteiger partial charge in [-0.05, 0) is 0 Å². The van der Waals surface area contributed by atoms with Gasteiger partial charge >= 0.3 is 5.97 Å². The zero-order chi connectivity index (χ0) is 7.98. The molecule has 0 aliphatic heterocycles. The van der Waals surface area contributed by atoms with Crippen molar-refractivity contribution >= 4 is 24.3 Å². The van der Waals surface area contributed by atoms with Crippen LogP contribution in [0.3, 0.4) is 0 Å². The van der Waals surface area contributed by atoms with Crippen LogP contribution in [-0.2, 0) is 22.0 Å². The van der Waals surface area contributed by atoms with Crippen molar-refractivity contribution in [3.8, 4) is 0 Å². The summed E-state index contributed by atoms with van der Waals surface area (Å²) in [6, 6.07) is 0. The van der Waals surface area contributed by atoms with Crippen molar-refractivity contribution < 1.29 is 14.7 Å². The maximum absolute atomic E-state index is 10.3. The number of carbonyl (C=O) groups excluding carboxylic acids is 1. The van der Waals surface area contributed by atoms with Crippen LogP contribution in [0, 0.1) is 0 Å². The van der Waals surface area contributed by atoms with Gasteiger partial charge in [0, 0.05) is 12.2 Å². The fourth-order valence-corrected chi connectivity index (χ4v) is 0.319. The van der Waals surface area contributed by atoms with E-state index in [2.05, 4.69) is 16.9 Å². The van der Waals surface area contributed by atoms with Gasteiger partial charge < -0.3 is 5.11 Å². The van der Waals surface area contributed by atoms with E-state index in [1.165, 1.54) is 0 Å². The Bertz CT molecular complexity index is 189. The van der Waals surface area contributed by atoms with Crippen molar-refractivity contribution in [2.45, 2.75) is 0 Å². The van der Waals surface area contributed by atoms with Crippen molar-refractivity contribution in [3.05, 3.63) is 12.2 Å². The molecule has 0 aliphatic carbocycles. The molecular formula is C4H4N2O3S. The molecule has 0 fully saturated rings. The molecule has 0 aliphatic rings. The third kappa shape index (κ3) is 4.85. The van der Waals surface area contributed by atoms with Crippen LogP contribution in [0.4, 0.5) is 0 Å². The average Bonchev–Trinajstić information content (AvgIpc) is 1.85. The van der Waals surface area contributed by atoms with Gasteiger partial charge in [0.25, 0.3) is 5.91 Å². The van der Waals surface area contributed by atoms with E-state index in [0.29, 0.717) is 6.08 Å². The molecule has 0 unspecified atom stereocenters. The lowest BCUT2D eigenvalue weighted by Gasteiger charge is -1.85. The van der Waals surface area contributed by atoms with E-state index < -0.39 is 11.9 Å². The largest absolute Gasteiger partial charge is 0.478 e. The van der Waals surface area contributed by atoms with Crippen molar-refractivity contribution in [3.63, 3.8) is 0 Å². The lowest BCUT2D eigenvalue weighted by molar-refractivity contribution is -0.131. The summed E-state index contributed by atoms with van der Waals surface area (Å²) in [7, 11) is 0. The molecule has 0 aromatic rings. The van der Waals surface area contributed by atoms with E-state index in [4.69, 9.17) is 5.11 Å². The van der Waals surface area contributed by atoms with Gasteiger partial charge in [-0.1, -0.05) is 0 Å². The standard InChI is InChI=1S/C4H4N2O3S/c7-3(5-6-10)1-2-4(8)9/h1-2H,(H,8,9)(H,5,7,10). The molecule has 0 aromatic carbocycles. The SMILES string of the molecule is O=C(O)C=CC(=O)NN=S. The summed E-state index contributed by atoms with van der Waals surface area (Å²) in [4.78, 5) is 20.1. The molecule has 54 valence electrons. The number of carboxylic acid groups (broad SMARTS) is 1. The van der Waals surface area contributed by atoms with E-state index in [1.807, 2.05) is 5.43 Å². The first-order chi connectivity index (χ1) is 4.66. The molecule has 1 amide bonds. The Morgan fingerprint density at radius 1 is 1.50 bits per heavy atom. The predicted molar refractivity (Wildman–Crippen MR) is 34.7 cm³/mol. The van der Waals surface area contributed by atoms with Crippen LogP contribution >= 0.6 is 0 Å². The highest BCUT2D eigenvalue weighted by Crippen LogP contribution is 1.72. The van der Waals surface area contributed by atoms with Gasteiger partial charge in [-0.3, -0.25) is 4.79 Å². The second-order valence-corrected chi connectivity index (χ2v) is 1.42. The van der Waals surface area contributed by atoms with Crippen LogP contribution in [0.2, 0.25) is 0 Å². The zero-order valence-corrected chi connectivity index (χ0v) is 5.59. The molecule has 0 saturated heterocycles. The monoisotopic (exact) mass is 160 g/mol. The fourth-order valence-electron chi connectivity index (χ4n) is 0.229. The van der Waals surface area contributed by atoms with Gasteiger partial charge in [0.05, 0.1) is 12.4 Å². The molecule has 0 heterocycles. The second kappa shape index (κ2) is 4.57. The van der Waals surface area contributed by atoms with Crippen molar-refractivity contribution in [1.82, 2.24) is 5.43 Å². The summed E-state index contributed by atoms with van der Waals surface area (Å²) in [6.45, 7) is 0. The molecule has 6 heteroatoms. The molecule has 0 saturated carbocycles. The first kappa shape index (κ1) is 8.70. The van der Waals surface area contributed by atoms with Crippen molar-refractivity contribution in [2.24, 2.45) is 4.47 Å². The van der Waals surface area contributed by atoms with Gasteiger partial charge in [0.15, 0.2) is 0 Å². The summed E-state index contributed by atoms with van der Waals surface area (Å²) >= 11 is 4.02. The van der Waals surface area contributed by atoms with Crippen molar-refractivity contribution in [1.29, 1.82) is 0 Å². The molecule has 0 atom stereocenters. The Morgan fingerprint density at radius 2 is 2.10 bits per heavy atom. The minimum absolute atomic E-state index is 0.655. The Morgan fingerprint density at radius 3 is 2.50 bits per heavy atom. The summed E-state index contributed by atoms with van der Waals surface area (Å²) < 4.78 is 2.85. The van der Waals surface area contributed by atoms with Gasteiger partial charge in [-0.15, -0.1) is 4.47 Å². The van der Waals surface area contributed by atoms with E-state index in [1.54, 1.807) is 0 Å². The molecule has 2 N–H and O–H groups in total. The number of hydrogen-bond acceptors (Lipinski definition) is 4. The second-order valence-electron chi connectivity index (χ2n) is 1.24. The topological polar surface area (TPSA) is 78.8 Å². The van der Waals surface area contributed by atoms with Gasteiger partial charge in [0.1, 0.15) is 0 Å². The number of amides is 1. The number of carboxylic acids is 1. The number of nitrogens with one attached hydrogen (secondary N) is 1. The maximum Gasteiger partial charge on any atom is 0.328 e. The van der Waals surface area contributed by atoms with Crippen LogP contribution < -0.4 is 5.43 Å². The molecule has 0 rings (SSSR count). The molecular weight excluding hydrogens is 156 g/mol. The molecule has 0 aromatic heterocycles. The van der Waals surface area contributed by atoms with Crippen LogP contribution in [0.15, 0.2) is 16.6 Å². The quantitative estimate of drug-likeness (QED) is 0.426. The Hall–Kier alpha value is -1.30. The Labute approximate surface area is 61.9 Å². The third-order valence-electron chi connectivity index (χ3n) is 0.533. The van der Waals surface area contributed by atoms with Crippen molar-refractivity contribution in [2.75, 3.05) is 0 Å². The van der Waals surface area contributed by atoms with Gasteiger partial charge in [-0.25, -0.2) is 10.2 Å². The number of carbonyl (C=O) groups is 2. The molecule has 5 nitrogen and oxygen atoms in total. The summed E-state index contributed by atoms with van der Waals surface area (Å²) in [6.07, 6.45) is 1.51. The first-order valence-corrected chi connectivity index (χ1v) is 2.56. The summed E-state index contributed by atoms with van der Waals surface area (Å²) in [5.41, 5.74) is 1.85. The highest BCUT2D eigenvalue weighted by Gasteiger charge is 1.92. The molecule has 0 bridgehead atoms. The van der Waals surface area contributed by atoms with Crippen LogP contribution in [-0.4, -0.2) is 17.0 Å². The Balaban J connectivity index is 3.77. The van der Waals surface area contributed by atoms with Gasteiger partial charge in [-0.2, -0.15) is 0 Å². The average molecular weight is 160 g/mol. The Kier molecular flexibility index (Phi) is 3.97. The van der Waals surface area contributed by atoms with E-state index in [-0.39, 0.29) is 0 Å². The fraction of sp³-hybridized carbons (Fsp3) is 0. The lowest BCUT2D eigenvalue weighted by Crippen LogP contribution is -2.13. The summed E-state index contributed by atoms with van der Waals surface area (Å²) in [5.74, 6) is -1.85. The predicted octanol–water partition coefficient (Wildman–Crippen LogP) is -0.611. The first-order valence-electron chi connectivity index (χ1n) is 2.20. The van der Waals surface area contributed by atoms with Crippen LogP contribution in [0.5, 0.6) is 0 Å². The minimum atomic E-state index is -1.19. The number of hydrogen-bond donors (Lipinski definition) is 2. The zero-order valence-electron chi connectivity index (χ0n) is 4.77. The van der Waals surface area contributed by atoms with E-state index in [9.17, 15) is 9.59 Å².